The van der Waals surface area contributed by atoms with E-state index in [0.29, 0.717) is 12.2 Å². The molecule has 11 heavy (non-hydrogen) atoms. The van der Waals surface area contributed by atoms with Crippen LogP contribution >= 0.6 is 0 Å². The van der Waals surface area contributed by atoms with E-state index < -0.39 is 0 Å². The minimum atomic E-state index is 0.468. The van der Waals surface area contributed by atoms with Crippen LogP contribution < -0.4 is 0 Å². The summed E-state index contributed by atoms with van der Waals surface area (Å²) in [6.45, 7) is 0. The zero-order chi connectivity index (χ0) is 7.52. The van der Waals surface area contributed by atoms with Gasteiger partial charge in [-0.05, 0) is 38.5 Å². The SMILES string of the molecule is [B](OC1CCC1)OC1CCC1. The van der Waals surface area contributed by atoms with Gasteiger partial charge in [-0.3, -0.25) is 0 Å². The Bertz CT molecular complexity index is 107. The van der Waals surface area contributed by atoms with Crippen LogP contribution in [0.1, 0.15) is 38.5 Å². The summed E-state index contributed by atoms with van der Waals surface area (Å²) in [5, 5.41) is 0. The highest BCUT2D eigenvalue weighted by Gasteiger charge is 2.22. The van der Waals surface area contributed by atoms with Crippen molar-refractivity contribution in [1.29, 1.82) is 0 Å². The van der Waals surface area contributed by atoms with E-state index in [0.717, 1.165) is 0 Å². The third kappa shape index (κ3) is 1.97. The van der Waals surface area contributed by atoms with Gasteiger partial charge < -0.3 is 9.31 Å². The summed E-state index contributed by atoms with van der Waals surface area (Å²) in [4.78, 5) is 0. The first-order valence-corrected chi connectivity index (χ1v) is 4.58. The van der Waals surface area contributed by atoms with Crippen LogP contribution in [0.2, 0.25) is 0 Å². The third-order valence-corrected chi connectivity index (χ3v) is 2.60. The number of hydrogen-bond donors (Lipinski definition) is 0. The summed E-state index contributed by atoms with van der Waals surface area (Å²) in [7, 11) is 1.56. The molecule has 2 aliphatic rings. The van der Waals surface area contributed by atoms with Gasteiger partial charge >= 0.3 is 7.69 Å². The predicted molar refractivity (Wildman–Crippen MR) is 43.2 cm³/mol. The maximum Gasteiger partial charge on any atom is 0.488 e. The molecule has 0 unspecified atom stereocenters. The van der Waals surface area contributed by atoms with Crippen LogP contribution in [0.15, 0.2) is 0 Å². The van der Waals surface area contributed by atoms with Gasteiger partial charge in [-0.1, -0.05) is 0 Å². The average molecular weight is 153 g/mol. The molecule has 0 amide bonds. The monoisotopic (exact) mass is 153 g/mol. The molecule has 1 radical (unpaired) electrons. The summed E-state index contributed by atoms with van der Waals surface area (Å²) < 4.78 is 10.7. The molecule has 2 fully saturated rings. The first kappa shape index (κ1) is 7.62. The summed E-state index contributed by atoms with van der Waals surface area (Å²) >= 11 is 0. The molecule has 0 atom stereocenters. The molecule has 0 spiro atoms. The minimum absolute atomic E-state index is 0.468. The summed E-state index contributed by atoms with van der Waals surface area (Å²) in [5.41, 5.74) is 0. The molecule has 0 saturated heterocycles. The lowest BCUT2D eigenvalue weighted by Gasteiger charge is -2.29. The van der Waals surface area contributed by atoms with Gasteiger partial charge in [0.1, 0.15) is 0 Å². The van der Waals surface area contributed by atoms with E-state index in [1.807, 2.05) is 0 Å². The van der Waals surface area contributed by atoms with Gasteiger partial charge in [0.25, 0.3) is 0 Å². The number of rotatable bonds is 4. The Morgan fingerprint density at radius 2 is 1.27 bits per heavy atom. The van der Waals surface area contributed by atoms with Crippen LogP contribution in [-0.2, 0) is 9.31 Å². The Kier molecular flexibility index (Phi) is 2.49. The molecule has 2 rings (SSSR count). The zero-order valence-corrected chi connectivity index (χ0v) is 6.79. The molecule has 2 aliphatic carbocycles. The smallest absolute Gasteiger partial charge is 0.410 e. The molecule has 0 aromatic heterocycles. The van der Waals surface area contributed by atoms with Crippen LogP contribution in [0.25, 0.3) is 0 Å². The second-order valence-corrected chi connectivity index (χ2v) is 3.47. The molecule has 0 aromatic carbocycles. The summed E-state index contributed by atoms with van der Waals surface area (Å²) in [5.74, 6) is 0. The molecule has 0 aliphatic heterocycles. The van der Waals surface area contributed by atoms with Gasteiger partial charge in [0.05, 0.1) is 0 Å². The highest BCUT2D eigenvalue weighted by Crippen LogP contribution is 2.24. The lowest BCUT2D eigenvalue weighted by molar-refractivity contribution is 0.0510. The third-order valence-electron chi connectivity index (χ3n) is 2.60. The van der Waals surface area contributed by atoms with Crippen molar-refractivity contribution in [3.63, 3.8) is 0 Å². The maximum absolute atomic E-state index is 5.34. The molecular weight excluding hydrogens is 139 g/mol. The Balaban J connectivity index is 1.46. The molecule has 3 heteroatoms. The lowest BCUT2D eigenvalue weighted by Crippen LogP contribution is -2.29. The minimum Gasteiger partial charge on any atom is -0.410 e. The largest absolute Gasteiger partial charge is 0.488 e. The Labute approximate surface area is 68.6 Å². The molecule has 61 valence electrons. The second-order valence-electron chi connectivity index (χ2n) is 3.47. The molecule has 0 heterocycles. The second kappa shape index (κ2) is 3.59. The Morgan fingerprint density at radius 3 is 1.55 bits per heavy atom. The highest BCUT2D eigenvalue weighted by atomic mass is 16.6. The first-order valence-electron chi connectivity index (χ1n) is 4.58. The van der Waals surface area contributed by atoms with Gasteiger partial charge in [-0.2, -0.15) is 0 Å². The summed E-state index contributed by atoms with van der Waals surface area (Å²) in [6.07, 6.45) is 8.43. The first-order chi connectivity index (χ1) is 5.45. The van der Waals surface area contributed by atoms with E-state index in [4.69, 9.17) is 9.31 Å². The van der Waals surface area contributed by atoms with Gasteiger partial charge in [-0.15, -0.1) is 0 Å². The van der Waals surface area contributed by atoms with Crippen molar-refractivity contribution < 1.29 is 9.31 Å². The van der Waals surface area contributed by atoms with Gasteiger partial charge in [0, 0.05) is 12.2 Å². The molecule has 0 N–H and O–H groups in total. The van der Waals surface area contributed by atoms with Crippen LogP contribution in [0.4, 0.5) is 0 Å². The predicted octanol–water partition coefficient (Wildman–Crippen LogP) is 1.66. The molecular formula is C8H14BO2. The van der Waals surface area contributed by atoms with Crippen LogP contribution in [0, 0.1) is 0 Å². The fraction of sp³-hybridized carbons (Fsp3) is 1.00. The fourth-order valence-electron chi connectivity index (χ4n) is 1.20. The normalized spacial score (nSPS) is 25.8. The topological polar surface area (TPSA) is 18.5 Å². The van der Waals surface area contributed by atoms with E-state index in [-0.39, 0.29) is 0 Å². The zero-order valence-electron chi connectivity index (χ0n) is 6.79. The van der Waals surface area contributed by atoms with E-state index in [2.05, 4.69) is 0 Å². The van der Waals surface area contributed by atoms with E-state index in [1.54, 1.807) is 7.69 Å². The van der Waals surface area contributed by atoms with Gasteiger partial charge in [0.15, 0.2) is 0 Å². The van der Waals surface area contributed by atoms with E-state index in [1.165, 1.54) is 38.5 Å². The Hall–Kier alpha value is -0.0151. The van der Waals surface area contributed by atoms with Crippen molar-refractivity contribution in [2.45, 2.75) is 50.7 Å². The van der Waals surface area contributed by atoms with E-state index >= 15 is 0 Å². The van der Waals surface area contributed by atoms with Crippen molar-refractivity contribution in [3.05, 3.63) is 0 Å². The van der Waals surface area contributed by atoms with Gasteiger partial charge in [-0.25, -0.2) is 0 Å². The quantitative estimate of drug-likeness (QED) is 0.571. The molecule has 0 aromatic rings. The van der Waals surface area contributed by atoms with Crippen molar-refractivity contribution >= 4 is 7.69 Å². The van der Waals surface area contributed by atoms with Crippen LogP contribution in [-0.4, -0.2) is 19.9 Å². The number of hydrogen-bond acceptors (Lipinski definition) is 2. The average Bonchev–Trinajstić information content (AvgIpc) is 1.79. The van der Waals surface area contributed by atoms with E-state index in [9.17, 15) is 0 Å². The van der Waals surface area contributed by atoms with Crippen molar-refractivity contribution in [3.8, 4) is 0 Å². The van der Waals surface area contributed by atoms with Crippen LogP contribution in [0.5, 0.6) is 0 Å². The standard InChI is InChI=1S/C8H14BO2/c1-3-7(4-1)10-9-11-8-5-2-6-8/h7-8H,1-6H2. The Morgan fingerprint density at radius 1 is 0.818 bits per heavy atom. The molecule has 2 nitrogen and oxygen atoms in total. The van der Waals surface area contributed by atoms with Crippen molar-refractivity contribution in [2.75, 3.05) is 0 Å². The summed E-state index contributed by atoms with van der Waals surface area (Å²) in [6, 6.07) is 0. The van der Waals surface area contributed by atoms with Crippen molar-refractivity contribution in [1.82, 2.24) is 0 Å². The highest BCUT2D eigenvalue weighted by molar-refractivity contribution is 6.18. The molecule has 2 saturated carbocycles. The van der Waals surface area contributed by atoms with Gasteiger partial charge in [0.2, 0.25) is 0 Å². The molecule has 0 bridgehead atoms. The lowest BCUT2D eigenvalue weighted by atomic mass is 9.94. The van der Waals surface area contributed by atoms with Crippen molar-refractivity contribution in [2.24, 2.45) is 0 Å². The fourth-order valence-corrected chi connectivity index (χ4v) is 1.20. The maximum atomic E-state index is 5.34. The van der Waals surface area contributed by atoms with Crippen LogP contribution in [0.3, 0.4) is 0 Å².